The summed E-state index contributed by atoms with van der Waals surface area (Å²) in [6.07, 6.45) is 1.67. The van der Waals surface area contributed by atoms with E-state index in [1.165, 1.54) is 26.0 Å². The van der Waals surface area contributed by atoms with Crippen LogP contribution in [0.25, 0.3) is 0 Å². The van der Waals surface area contributed by atoms with Crippen molar-refractivity contribution >= 4 is 35.5 Å². The number of anilines is 1. The van der Waals surface area contributed by atoms with Crippen LogP contribution in [0.5, 0.6) is 5.75 Å². The van der Waals surface area contributed by atoms with Crippen molar-refractivity contribution in [1.29, 1.82) is 0 Å². The highest BCUT2D eigenvalue weighted by atomic mass is 16.5. The van der Waals surface area contributed by atoms with Gasteiger partial charge in [0.05, 0.1) is 29.8 Å². The Morgan fingerprint density at radius 2 is 1.61 bits per heavy atom. The van der Waals surface area contributed by atoms with Crippen molar-refractivity contribution < 1.29 is 23.9 Å². The number of amides is 2. The Kier molecular flexibility index (Phi) is 4.25. The summed E-state index contributed by atoms with van der Waals surface area (Å²) in [4.78, 5) is 51.8. The molecule has 8 heteroatoms. The van der Waals surface area contributed by atoms with Crippen molar-refractivity contribution in [2.45, 2.75) is 25.9 Å². The van der Waals surface area contributed by atoms with Crippen LogP contribution in [-0.4, -0.2) is 40.8 Å². The number of fused-ring (bicyclic) bond motifs is 5. The Balaban J connectivity index is 1.56. The summed E-state index contributed by atoms with van der Waals surface area (Å²) in [7, 11) is 0. The molecule has 8 nitrogen and oxygen atoms in total. The number of nitrogens with zero attached hydrogens (tertiary/aromatic N) is 3. The number of Topliss-reactive ketones (excluding diaryl/α,β-unsaturated/α-hetero) is 1. The van der Waals surface area contributed by atoms with E-state index >= 15 is 0 Å². The first kappa shape index (κ1) is 19.2. The topological polar surface area (TPSA) is 96.3 Å². The van der Waals surface area contributed by atoms with E-state index in [1.54, 1.807) is 23.4 Å². The first-order valence-corrected chi connectivity index (χ1v) is 9.96. The van der Waals surface area contributed by atoms with Crippen molar-refractivity contribution in [1.82, 2.24) is 5.01 Å². The van der Waals surface area contributed by atoms with E-state index in [-0.39, 0.29) is 11.7 Å². The molecule has 2 fully saturated rings. The van der Waals surface area contributed by atoms with Gasteiger partial charge in [0.15, 0.2) is 5.78 Å². The molecule has 0 bridgehead atoms. The van der Waals surface area contributed by atoms with Gasteiger partial charge in [0.1, 0.15) is 11.8 Å². The summed E-state index contributed by atoms with van der Waals surface area (Å²) in [5, 5.41) is 6.06. The summed E-state index contributed by atoms with van der Waals surface area (Å²) in [5.74, 6) is -2.66. The summed E-state index contributed by atoms with van der Waals surface area (Å²) >= 11 is 0. The van der Waals surface area contributed by atoms with Crippen LogP contribution >= 0.6 is 0 Å². The number of ketones is 1. The van der Waals surface area contributed by atoms with Crippen molar-refractivity contribution in [3.63, 3.8) is 0 Å². The molecule has 0 aliphatic carbocycles. The van der Waals surface area contributed by atoms with Crippen LogP contribution in [0, 0.1) is 11.8 Å². The Labute approximate surface area is 178 Å². The summed E-state index contributed by atoms with van der Waals surface area (Å²) in [6, 6.07) is 12.5. The van der Waals surface area contributed by atoms with E-state index in [9.17, 15) is 19.2 Å². The lowest BCUT2D eigenvalue weighted by Crippen LogP contribution is -2.43. The van der Waals surface area contributed by atoms with E-state index in [0.717, 1.165) is 16.0 Å². The number of hydrogen-bond donors (Lipinski definition) is 0. The van der Waals surface area contributed by atoms with Crippen molar-refractivity contribution in [3.8, 4) is 5.75 Å². The van der Waals surface area contributed by atoms with Crippen molar-refractivity contribution in [2.24, 2.45) is 16.9 Å². The molecule has 3 aliphatic rings. The highest BCUT2D eigenvalue weighted by Gasteiger charge is 2.64. The zero-order valence-corrected chi connectivity index (χ0v) is 16.9. The minimum atomic E-state index is -0.813. The normalized spacial score (nSPS) is 25.9. The quantitative estimate of drug-likeness (QED) is 0.431. The van der Waals surface area contributed by atoms with Gasteiger partial charge in [0.2, 0.25) is 11.8 Å². The van der Waals surface area contributed by atoms with E-state index in [2.05, 4.69) is 5.10 Å². The number of hydrazone groups is 1. The smallest absolute Gasteiger partial charge is 0.308 e. The highest BCUT2D eigenvalue weighted by Crippen LogP contribution is 2.52. The third-order valence-electron chi connectivity index (χ3n) is 6.07. The minimum Gasteiger partial charge on any atom is -0.427 e. The summed E-state index contributed by atoms with van der Waals surface area (Å²) in [5.41, 5.74) is 2.13. The van der Waals surface area contributed by atoms with Crippen LogP contribution in [0.4, 0.5) is 5.69 Å². The first-order valence-electron chi connectivity index (χ1n) is 9.96. The van der Waals surface area contributed by atoms with E-state index < -0.39 is 35.8 Å². The second-order valence-corrected chi connectivity index (χ2v) is 7.90. The van der Waals surface area contributed by atoms with Crippen LogP contribution in [0.3, 0.4) is 0 Å². The number of esters is 1. The Morgan fingerprint density at radius 1 is 0.935 bits per heavy atom. The van der Waals surface area contributed by atoms with Crippen LogP contribution in [0.1, 0.15) is 31.0 Å². The molecule has 31 heavy (non-hydrogen) atoms. The second-order valence-electron chi connectivity index (χ2n) is 7.90. The lowest BCUT2D eigenvalue weighted by Gasteiger charge is -2.33. The predicted molar refractivity (Wildman–Crippen MR) is 110 cm³/mol. The van der Waals surface area contributed by atoms with Crippen molar-refractivity contribution in [2.75, 3.05) is 4.90 Å². The number of hydrogen-bond acceptors (Lipinski definition) is 7. The van der Waals surface area contributed by atoms with Crippen LogP contribution in [0.2, 0.25) is 0 Å². The molecule has 2 aromatic rings. The maximum atomic E-state index is 13.5. The van der Waals surface area contributed by atoms with Crippen molar-refractivity contribution in [3.05, 3.63) is 59.7 Å². The summed E-state index contributed by atoms with van der Waals surface area (Å²) in [6.45, 7) is 2.72. The number of ether oxygens (including phenoxy) is 1. The molecule has 2 amide bonds. The van der Waals surface area contributed by atoms with Gasteiger partial charge in [-0.3, -0.25) is 24.2 Å². The van der Waals surface area contributed by atoms with Gasteiger partial charge in [-0.15, -0.1) is 0 Å². The molecule has 0 aromatic heterocycles. The standard InChI is InChI=1S/C23H19N3O5/c1-12(27)20-18-19(21-17-6-4-3-5-14(17)11-24-26(20)21)23(30)25(22(18)29)15-7-9-16(10-8-15)31-13(2)28/h3-11,18-21H,1-2H3/t18-,19+,20-,21-/m0/s1. The molecular formula is C23H19N3O5. The van der Waals surface area contributed by atoms with Gasteiger partial charge in [0.25, 0.3) is 0 Å². The number of imide groups is 1. The van der Waals surface area contributed by atoms with Gasteiger partial charge < -0.3 is 4.74 Å². The highest BCUT2D eigenvalue weighted by molar-refractivity contribution is 6.24. The number of carbonyl (C=O) groups excluding carboxylic acids is 4. The average Bonchev–Trinajstić information content (AvgIpc) is 3.21. The molecule has 3 aliphatic heterocycles. The SMILES string of the molecule is CC(=O)Oc1ccc(N2C(=O)[C@@H]3[C@H](C2=O)[C@H](C(C)=O)N2N=Cc4ccccc4[C@@H]32)cc1. The average molecular weight is 417 g/mol. The number of rotatable bonds is 3. The zero-order valence-electron chi connectivity index (χ0n) is 16.9. The minimum absolute atomic E-state index is 0.206. The molecule has 2 saturated heterocycles. The fourth-order valence-electron chi connectivity index (χ4n) is 4.91. The molecule has 156 valence electrons. The molecule has 3 heterocycles. The van der Waals surface area contributed by atoms with Gasteiger partial charge in [-0.25, -0.2) is 4.90 Å². The van der Waals surface area contributed by atoms with Gasteiger partial charge >= 0.3 is 5.97 Å². The maximum absolute atomic E-state index is 13.5. The Bertz CT molecular complexity index is 1160. The van der Waals surface area contributed by atoms with E-state index in [4.69, 9.17) is 4.74 Å². The number of benzene rings is 2. The zero-order chi connectivity index (χ0) is 21.9. The van der Waals surface area contributed by atoms with Crippen LogP contribution < -0.4 is 9.64 Å². The monoisotopic (exact) mass is 417 g/mol. The third kappa shape index (κ3) is 2.78. The Morgan fingerprint density at radius 3 is 2.29 bits per heavy atom. The van der Waals surface area contributed by atoms with Gasteiger partial charge in [0, 0.05) is 6.92 Å². The van der Waals surface area contributed by atoms with Crippen LogP contribution in [-0.2, 0) is 19.2 Å². The van der Waals surface area contributed by atoms with Gasteiger partial charge in [-0.1, -0.05) is 24.3 Å². The van der Waals surface area contributed by atoms with Gasteiger partial charge in [-0.2, -0.15) is 5.10 Å². The molecule has 0 unspecified atom stereocenters. The third-order valence-corrected chi connectivity index (χ3v) is 6.07. The second kappa shape index (κ2) is 6.87. The lowest BCUT2D eigenvalue weighted by atomic mass is 9.84. The summed E-state index contributed by atoms with van der Waals surface area (Å²) < 4.78 is 5.02. The maximum Gasteiger partial charge on any atom is 0.308 e. The largest absolute Gasteiger partial charge is 0.427 e. The van der Waals surface area contributed by atoms with E-state index in [0.29, 0.717) is 11.4 Å². The molecule has 0 saturated carbocycles. The first-order chi connectivity index (χ1) is 14.9. The lowest BCUT2D eigenvalue weighted by molar-refractivity contribution is -0.132. The fraction of sp³-hybridized carbons (Fsp3) is 0.261. The molecule has 2 aromatic carbocycles. The Hall–Kier alpha value is -3.81. The number of carbonyl (C=O) groups is 4. The molecule has 4 atom stereocenters. The molecule has 5 rings (SSSR count). The molecule has 0 radical (unpaired) electrons. The molecular weight excluding hydrogens is 398 g/mol. The molecule has 0 spiro atoms. The molecule has 0 N–H and O–H groups in total. The van der Waals surface area contributed by atoms with Gasteiger partial charge in [-0.05, 0) is 42.3 Å². The van der Waals surface area contributed by atoms with Crippen LogP contribution in [0.15, 0.2) is 53.6 Å². The predicted octanol–water partition coefficient (Wildman–Crippen LogP) is 2.08. The van der Waals surface area contributed by atoms with E-state index in [1.807, 2.05) is 24.3 Å². The fourth-order valence-corrected chi connectivity index (χ4v) is 4.91.